The van der Waals surface area contributed by atoms with Crippen molar-refractivity contribution < 1.29 is 19.4 Å². The maximum atomic E-state index is 13.1. The number of benzene rings is 2. The van der Waals surface area contributed by atoms with E-state index in [1.807, 2.05) is 31.2 Å². The molecule has 5 heteroatoms. The Morgan fingerprint density at radius 1 is 1.12 bits per heavy atom. The van der Waals surface area contributed by atoms with Crippen LogP contribution in [0.5, 0.6) is 5.75 Å². The Morgan fingerprint density at radius 2 is 1.81 bits per heavy atom. The summed E-state index contributed by atoms with van der Waals surface area (Å²) < 4.78 is 4.89. The highest BCUT2D eigenvalue weighted by Gasteiger charge is 2.37. The summed E-state index contributed by atoms with van der Waals surface area (Å²) >= 11 is 0. The molecular weight excluding hydrogens is 330 g/mol. The van der Waals surface area contributed by atoms with E-state index in [0.29, 0.717) is 16.9 Å². The number of allylic oxidation sites excluding steroid dienone is 1. The molecule has 0 saturated carbocycles. The van der Waals surface area contributed by atoms with Gasteiger partial charge in [0.2, 0.25) is 0 Å². The van der Waals surface area contributed by atoms with Gasteiger partial charge in [0.15, 0.2) is 0 Å². The van der Waals surface area contributed by atoms with E-state index >= 15 is 0 Å². The second-order valence-corrected chi connectivity index (χ2v) is 6.08. The van der Waals surface area contributed by atoms with Gasteiger partial charge in [-0.15, -0.1) is 0 Å². The van der Waals surface area contributed by atoms with E-state index in [-0.39, 0.29) is 22.8 Å². The predicted molar refractivity (Wildman–Crippen MR) is 99.5 cm³/mol. The van der Waals surface area contributed by atoms with E-state index in [1.54, 1.807) is 25.1 Å². The molecule has 0 aromatic heterocycles. The molecule has 1 N–H and O–H groups in total. The number of ether oxygens (including phenoxy) is 1. The number of rotatable bonds is 3. The number of phenolic OH excluding ortho intramolecular Hbond substituents is 1. The van der Waals surface area contributed by atoms with Gasteiger partial charge in [-0.05, 0) is 55.3 Å². The zero-order chi connectivity index (χ0) is 18.8. The predicted octanol–water partition coefficient (Wildman–Crippen LogP) is 3.58. The third kappa shape index (κ3) is 3.11. The zero-order valence-electron chi connectivity index (χ0n) is 14.8. The number of hydrogen-bond acceptors (Lipinski definition) is 4. The third-order valence-corrected chi connectivity index (χ3v) is 4.25. The number of methoxy groups -OCH3 is 1. The summed E-state index contributed by atoms with van der Waals surface area (Å²) in [5.41, 5.74) is 3.44. The molecule has 0 atom stereocenters. The van der Waals surface area contributed by atoms with Crippen LogP contribution in [0.4, 0.5) is 5.69 Å². The molecule has 0 aliphatic carbocycles. The van der Waals surface area contributed by atoms with Gasteiger partial charge in [0.25, 0.3) is 5.91 Å². The number of nitrogens with zero attached hydrogens (tertiary/aromatic N) is 1. The van der Waals surface area contributed by atoms with Gasteiger partial charge in [-0.1, -0.05) is 24.3 Å². The summed E-state index contributed by atoms with van der Waals surface area (Å²) in [5.74, 6) is -0.719. The van der Waals surface area contributed by atoms with Gasteiger partial charge in [0.05, 0.1) is 18.3 Å². The molecule has 1 amide bonds. The lowest BCUT2D eigenvalue weighted by Gasteiger charge is -2.18. The van der Waals surface area contributed by atoms with E-state index in [1.165, 1.54) is 24.1 Å². The highest BCUT2D eigenvalue weighted by atomic mass is 16.5. The summed E-state index contributed by atoms with van der Waals surface area (Å²) in [6, 6.07) is 13.9. The first-order valence-corrected chi connectivity index (χ1v) is 8.14. The van der Waals surface area contributed by atoms with Crippen molar-refractivity contribution in [2.24, 2.45) is 0 Å². The zero-order valence-corrected chi connectivity index (χ0v) is 14.8. The van der Waals surface area contributed by atoms with Crippen LogP contribution in [0.1, 0.15) is 18.1 Å². The number of amides is 1. The van der Waals surface area contributed by atoms with Gasteiger partial charge in [0, 0.05) is 11.4 Å². The Morgan fingerprint density at radius 3 is 2.42 bits per heavy atom. The van der Waals surface area contributed by atoms with Gasteiger partial charge in [-0.3, -0.25) is 9.69 Å². The first kappa shape index (κ1) is 17.5. The molecule has 1 aliphatic rings. The van der Waals surface area contributed by atoms with Crippen LogP contribution in [-0.2, 0) is 14.3 Å². The fourth-order valence-corrected chi connectivity index (χ4v) is 3.00. The number of aryl methyl sites for hydroxylation is 1. The Labute approximate surface area is 151 Å². The first-order valence-electron chi connectivity index (χ1n) is 8.14. The van der Waals surface area contributed by atoms with Crippen LogP contribution < -0.4 is 4.90 Å². The van der Waals surface area contributed by atoms with Gasteiger partial charge < -0.3 is 9.84 Å². The fourth-order valence-electron chi connectivity index (χ4n) is 3.00. The molecule has 0 radical (unpaired) electrons. The quantitative estimate of drug-likeness (QED) is 0.679. The molecule has 0 unspecified atom stereocenters. The van der Waals surface area contributed by atoms with Crippen LogP contribution >= 0.6 is 0 Å². The average molecular weight is 349 g/mol. The summed E-state index contributed by atoms with van der Waals surface area (Å²) in [6.07, 6.45) is 1.63. The third-order valence-electron chi connectivity index (χ3n) is 4.25. The molecule has 26 heavy (non-hydrogen) atoms. The van der Waals surface area contributed by atoms with Crippen LogP contribution in [0.2, 0.25) is 0 Å². The smallest absolute Gasteiger partial charge is 0.340 e. The summed E-state index contributed by atoms with van der Waals surface area (Å²) in [6.45, 7) is 3.67. The Bertz CT molecular complexity index is 939. The molecule has 5 nitrogen and oxygen atoms in total. The Balaban J connectivity index is 2.13. The molecule has 2 aromatic carbocycles. The van der Waals surface area contributed by atoms with E-state index in [2.05, 4.69) is 0 Å². The Kier molecular flexibility index (Phi) is 4.63. The lowest BCUT2D eigenvalue weighted by Crippen LogP contribution is -2.24. The minimum absolute atomic E-state index is 0.131. The average Bonchev–Trinajstić information content (AvgIpc) is 2.86. The van der Waals surface area contributed by atoms with Crippen molar-refractivity contribution in [2.45, 2.75) is 13.8 Å². The fraction of sp³-hybridized carbons (Fsp3) is 0.143. The normalized spacial score (nSPS) is 15.7. The monoisotopic (exact) mass is 349 g/mol. The van der Waals surface area contributed by atoms with Crippen molar-refractivity contribution in [3.63, 3.8) is 0 Å². The van der Waals surface area contributed by atoms with Crippen molar-refractivity contribution in [3.8, 4) is 5.75 Å². The van der Waals surface area contributed by atoms with E-state index in [4.69, 9.17) is 4.74 Å². The molecule has 1 heterocycles. The molecule has 0 spiro atoms. The van der Waals surface area contributed by atoms with Crippen LogP contribution in [0.3, 0.4) is 0 Å². The number of aromatic hydroxyl groups is 1. The van der Waals surface area contributed by atoms with Crippen molar-refractivity contribution in [1.29, 1.82) is 0 Å². The number of carbonyl (C=O) groups is 2. The van der Waals surface area contributed by atoms with Crippen LogP contribution in [-0.4, -0.2) is 24.1 Å². The van der Waals surface area contributed by atoms with Crippen molar-refractivity contribution >= 4 is 23.6 Å². The van der Waals surface area contributed by atoms with Gasteiger partial charge >= 0.3 is 5.97 Å². The minimum atomic E-state index is -0.559. The van der Waals surface area contributed by atoms with Crippen LogP contribution in [0.25, 0.3) is 6.08 Å². The second-order valence-electron chi connectivity index (χ2n) is 6.08. The van der Waals surface area contributed by atoms with Gasteiger partial charge in [0.1, 0.15) is 5.75 Å². The lowest BCUT2D eigenvalue weighted by molar-refractivity contribution is -0.136. The summed E-state index contributed by atoms with van der Waals surface area (Å²) in [5, 5.41) is 9.43. The van der Waals surface area contributed by atoms with E-state index in [0.717, 1.165) is 5.56 Å². The van der Waals surface area contributed by atoms with Crippen molar-refractivity contribution in [3.05, 3.63) is 76.5 Å². The maximum absolute atomic E-state index is 13.1. The van der Waals surface area contributed by atoms with Gasteiger partial charge in [-0.2, -0.15) is 0 Å². The summed E-state index contributed by atoms with van der Waals surface area (Å²) in [7, 11) is 1.29. The maximum Gasteiger partial charge on any atom is 0.340 e. The van der Waals surface area contributed by atoms with Crippen molar-refractivity contribution in [2.75, 3.05) is 12.0 Å². The standard InChI is InChI=1S/C21H19NO4/c1-13-5-4-6-16(11-13)22-14(2)19(21(25)26-3)18(20(22)24)12-15-7-9-17(23)10-8-15/h4-12,23H,1-3H3. The molecule has 2 aromatic rings. The highest BCUT2D eigenvalue weighted by molar-refractivity contribution is 6.23. The Hall–Kier alpha value is -3.34. The minimum Gasteiger partial charge on any atom is -0.508 e. The number of hydrogen-bond donors (Lipinski definition) is 1. The molecule has 0 fully saturated rings. The molecule has 1 aliphatic heterocycles. The van der Waals surface area contributed by atoms with E-state index < -0.39 is 5.97 Å². The summed E-state index contributed by atoms with van der Waals surface area (Å²) in [4.78, 5) is 26.9. The van der Waals surface area contributed by atoms with E-state index in [9.17, 15) is 14.7 Å². The number of anilines is 1. The lowest BCUT2D eigenvalue weighted by atomic mass is 10.0. The molecule has 0 bridgehead atoms. The highest BCUT2D eigenvalue weighted by Crippen LogP contribution is 2.35. The topological polar surface area (TPSA) is 66.8 Å². The SMILES string of the molecule is COC(=O)C1=C(C)N(c2cccc(C)c2)C(=O)C1=Cc1ccc(O)cc1. The van der Waals surface area contributed by atoms with Crippen LogP contribution in [0.15, 0.2) is 65.4 Å². The van der Waals surface area contributed by atoms with Crippen LogP contribution in [0, 0.1) is 6.92 Å². The van der Waals surface area contributed by atoms with Crippen molar-refractivity contribution in [1.82, 2.24) is 0 Å². The second kappa shape index (κ2) is 6.88. The number of phenols is 1. The molecule has 3 rings (SSSR count). The molecular formula is C21H19NO4. The van der Waals surface area contributed by atoms with Gasteiger partial charge in [-0.25, -0.2) is 4.79 Å². The first-order chi connectivity index (χ1) is 12.4. The molecule has 0 saturated heterocycles. The largest absolute Gasteiger partial charge is 0.508 e. The number of carbonyl (C=O) groups excluding carboxylic acids is 2. The number of esters is 1. The molecule has 132 valence electrons.